The van der Waals surface area contributed by atoms with Crippen LogP contribution < -0.4 is 15.5 Å². The van der Waals surface area contributed by atoms with E-state index < -0.39 is 29.7 Å². The zero-order valence-corrected chi connectivity index (χ0v) is 20.6. The average molecular weight is 498 g/mol. The van der Waals surface area contributed by atoms with Crippen LogP contribution in [0, 0.1) is 6.92 Å². The molecule has 0 spiro atoms. The summed E-state index contributed by atoms with van der Waals surface area (Å²) >= 11 is 0. The Bertz CT molecular complexity index is 1350. The Kier molecular flexibility index (Phi) is 7.78. The van der Waals surface area contributed by atoms with Crippen molar-refractivity contribution in [1.82, 2.24) is 0 Å². The van der Waals surface area contributed by atoms with Crippen LogP contribution in [0.5, 0.6) is 0 Å². The van der Waals surface area contributed by atoms with Crippen LogP contribution in [-0.2, 0) is 19.1 Å². The number of benzene rings is 3. The lowest BCUT2D eigenvalue weighted by Crippen LogP contribution is -2.52. The van der Waals surface area contributed by atoms with Crippen molar-refractivity contribution in [2.75, 3.05) is 22.1 Å². The van der Waals surface area contributed by atoms with E-state index in [0.717, 1.165) is 11.1 Å². The van der Waals surface area contributed by atoms with Crippen LogP contribution in [0.4, 0.5) is 17.1 Å². The van der Waals surface area contributed by atoms with Gasteiger partial charge in [0.25, 0.3) is 5.91 Å². The highest BCUT2D eigenvalue weighted by Gasteiger charge is 2.37. The van der Waals surface area contributed by atoms with Gasteiger partial charge >= 0.3 is 5.97 Å². The maximum absolute atomic E-state index is 13.3. The van der Waals surface area contributed by atoms with Crippen molar-refractivity contribution in [2.45, 2.75) is 26.3 Å². The van der Waals surface area contributed by atoms with Crippen molar-refractivity contribution < 1.29 is 23.9 Å². The summed E-state index contributed by atoms with van der Waals surface area (Å²) in [6.07, 6.45) is 2.82. The van der Waals surface area contributed by atoms with Gasteiger partial charge in [-0.25, -0.2) is 4.79 Å². The first-order chi connectivity index (χ1) is 17.9. The molecule has 1 atom stereocenters. The molecule has 8 nitrogen and oxygen atoms in total. The molecule has 0 saturated heterocycles. The minimum absolute atomic E-state index is 0.260. The number of nitrogens with zero attached hydrogens (tertiary/aromatic N) is 1. The number of para-hydroxylation sites is 2. The zero-order valence-electron chi connectivity index (χ0n) is 20.6. The van der Waals surface area contributed by atoms with E-state index in [-0.39, 0.29) is 13.0 Å². The molecule has 37 heavy (non-hydrogen) atoms. The molecule has 4 rings (SSSR count). The van der Waals surface area contributed by atoms with Crippen molar-refractivity contribution in [3.05, 3.63) is 95.6 Å². The Morgan fingerprint density at radius 1 is 1.00 bits per heavy atom. The van der Waals surface area contributed by atoms with Gasteiger partial charge in [0, 0.05) is 11.8 Å². The molecule has 0 bridgehead atoms. The first-order valence-electron chi connectivity index (χ1n) is 11.9. The number of ether oxygens (including phenoxy) is 1. The van der Waals surface area contributed by atoms with Gasteiger partial charge in [0.1, 0.15) is 6.04 Å². The molecular weight excluding hydrogens is 470 g/mol. The van der Waals surface area contributed by atoms with Crippen LogP contribution >= 0.6 is 0 Å². The molecule has 3 amide bonds. The van der Waals surface area contributed by atoms with Gasteiger partial charge in [-0.3, -0.25) is 19.3 Å². The monoisotopic (exact) mass is 497 g/mol. The summed E-state index contributed by atoms with van der Waals surface area (Å²) in [7, 11) is 0. The number of rotatable bonds is 7. The highest BCUT2D eigenvalue weighted by molar-refractivity contribution is 6.16. The number of esters is 1. The fourth-order valence-corrected chi connectivity index (χ4v) is 3.96. The predicted octanol–water partition coefficient (Wildman–Crippen LogP) is 4.57. The van der Waals surface area contributed by atoms with E-state index in [1.165, 1.54) is 11.0 Å². The van der Waals surface area contributed by atoms with Gasteiger partial charge in [-0.2, -0.15) is 0 Å². The maximum Gasteiger partial charge on any atom is 0.338 e. The minimum atomic E-state index is -1.05. The van der Waals surface area contributed by atoms with Crippen LogP contribution in [0.2, 0.25) is 0 Å². The topological polar surface area (TPSA) is 105 Å². The van der Waals surface area contributed by atoms with E-state index in [1.807, 2.05) is 31.2 Å². The molecule has 1 aliphatic rings. The molecule has 1 aliphatic heterocycles. The Labute approximate surface area is 214 Å². The van der Waals surface area contributed by atoms with E-state index in [9.17, 15) is 19.2 Å². The number of amides is 3. The zero-order chi connectivity index (χ0) is 26.4. The van der Waals surface area contributed by atoms with Crippen LogP contribution in [0.3, 0.4) is 0 Å². The van der Waals surface area contributed by atoms with Crippen LogP contribution in [0.1, 0.15) is 34.8 Å². The molecule has 3 aromatic rings. The first kappa shape index (κ1) is 25.4. The van der Waals surface area contributed by atoms with Crippen molar-refractivity contribution in [1.29, 1.82) is 0 Å². The third-order valence-electron chi connectivity index (χ3n) is 5.83. The summed E-state index contributed by atoms with van der Waals surface area (Å²) in [5.74, 6) is -1.78. The molecule has 0 radical (unpaired) electrons. The third kappa shape index (κ3) is 6.10. The number of hydrogen-bond donors (Lipinski definition) is 2. The molecule has 0 aromatic heterocycles. The SMILES string of the molecule is CCOC(=O)c1ccc(NC(=O)CC2C(=O)Nc3ccccc3N2C(=O)C=Cc2ccc(C)cc2)cc1. The highest BCUT2D eigenvalue weighted by atomic mass is 16.5. The van der Waals surface area contributed by atoms with E-state index in [4.69, 9.17) is 4.74 Å². The molecule has 2 N–H and O–H groups in total. The highest BCUT2D eigenvalue weighted by Crippen LogP contribution is 2.33. The normalized spacial score (nSPS) is 14.6. The van der Waals surface area contributed by atoms with Gasteiger partial charge < -0.3 is 15.4 Å². The number of aryl methyl sites for hydroxylation is 1. The summed E-state index contributed by atoms with van der Waals surface area (Å²) in [5, 5.41) is 5.52. The molecule has 1 unspecified atom stereocenters. The number of anilines is 3. The number of carbonyl (C=O) groups is 4. The van der Waals surface area contributed by atoms with Crippen LogP contribution in [-0.4, -0.2) is 36.3 Å². The van der Waals surface area contributed by atoms with E-state index in [1.54, 1.807) is 61.5 Å². The Morgan fingerprint density at radius 2 is 1.70 bits per heavy atom. The second-order valence-electron chi connectivity index (χ2n) is 8.52. The van der Waals surface area contributed by atoms with Crippen LogP contribution in [0.25, 0.3) is 6.08 Å². The van der Waals surface area contributed by atoms with Gasteiger partial charge in [-0.15, -0.1) is 0 Å². The first-order valence-corrected chi connectivity index (χ1v) is 11.9. The average Bonchev–Trinajstić information content (AvgIpc) is 2.89. The number of carbonyl (C=O) groups excluding carboxylic acids is 4. The van der Waals surface area contributed by atoms with Crippen molar-refractivity contribution in [2.24, 2.45) is 0 Å². The summed E-state index contributed by atoms with van der Waals surface area (Å²) in [4.78, 5) is 52.4. The summed E-state index contributed by atoms with van der Waals surface area (Å²) < 4.78 is 4.96. The van der Waals surface area contributed by atoms with Crippen molar-refractivity contribution in [3.8, 4) is 0 Å². The predicted molar refractivity (Wildman–Crippen MR) is 142 cm³/mol. The molecule has 8 heteroatoms. The fraction of sp³-hybridized carbons (Fsp3) is 0.172. The fourth-order valence-electron chi connectivity index (χ4n) is 3.96. The van der Waals surface area contributed by atoms with E-state index in [0.29, 0.717) is 22.6 Å². The Morgan fingerprint density at radius 3 is 2.41 bits per heavy atom. The number of fused-ring (bicyclic) bond motifs is 1. The quantitative estimate of drug-likeness (QED) is 0.368. The molecule has 0 aliphatic carbocycles. The second-order valence-corrected chi connectivity index (χ2v) is 8.52. The molecule has 1 heterocycles. The molecule has 0 saturated carbocycles. The van der Waals surface area contributed by atoms with Gasteiger partial charge in [0.15, 0.2) is 0 Å². The summed E-state index contributed by atoms with van der Waals surface area (Å²) in [6.45, 7) is 3.96. The summed E-state index contributed by atoms with van der Waals surface area (Å²) in [6, 6.07) is 19.8. The minimum Gasteiger partial charge on any atom is -0.462 e. The maximum atomic E-state index is 13.3. The number of nitrogens with one attached hydrogen (secondary N) is 2. The largest absolute Gasteiger partial charge is 0.462 e. The molecule has 188 valence electrons. The Hall–Kier alpha value is -4.72. The third-order valence-corrected chi connectivity index (χ3v) is 5.83. The Balaban J connectivity index is 1.53. The smallest absolute Gasteiger partial charge is 0.338 e. The lowest BCUT2D eigenvalue weighted by molar-refractivity contribution is -0.124. The van der Waals surface area contributed by atoms with E-state index in [2.05, 4.69) is 10.6 Å². The molecule has 3 aromatic carbocycles. The summed E-state index contributed by atoms with van der Waals surface area (Å²) in [5.41, 5.74) is 3.76. The lowest BCUT2D eigenvalue weighted by atomic mass is 10.0. The van der Waals surface area contributed by atoms with Crippen molar-refractivity contribution >= 4 is 46.8 Å². The standard InChI is InChI=1S/C29H27N3O5/c1-3-37-29(36)21-13-15-22(16-14-21)30-26(33)18-25-28(35)31-23-6-4-5-7-24(23)32(25)27(34)17-12-20-10-8-19(2)9-11-20/h4-17,25H,3,18H2,1-2H3,(H,30,33)(H,31,35). The molecule has 0 fully saturated rings. The van der Waals surface area contributed by atoms with Gasteiger partial charge in [0.05, 0.1) is 30.0 Å². The van der Waals surface area contributed by atoms with E-state index >= 15 is 0 Å². The molecular formula is C29H27N3O5. The van der Waals surface area contributed by atoms with Crippen LogP contribution in [0.15, 0.2) is 78.9 Å². The lowest BCUT2D eigenvalue weighted by Gasteiger charge is -2.35. The number of hydrogen-bond acceptors (Lipinski definition) is 5. The second kappa shape index (κ2) is 11.3. The van der Waals surface area contributed by atoms with Gasteiger partial charge in [0.2, 0.25) is 11.8 Å². The van der Waals surface area contributed by atoms with Gasteiger partial charge in [-0.1, -0.05) is 42.0 Å². The van der Waals surface area contributed by atoms with Gasteiger partial charge in [-0.05, 0) is 61.9 Å². The van der Waals surface area contributed by atoms with Crippen molar-refractivity contribution in [3.63, 3.8) is 0 Å².